The van der Waals surface area contributed by atoms with Crippen LogP contribution < -0.4 is 19.5 Å². The summed E-state index contributed by atoms with van der Waals surface area (Å²) >= 11 is 5.00. The molecule has 0 saturated heterocycles. The second-order valence-corrected chi connectivity index (χ2v) is 8.11. The topological polar surface area (TPSA) is 69.7 Å². The third kappa shape index (κ3) is 4.54. The molecule has 1 atom stereocenters. The van der Waals surface area contributed by atoms with E-state index in [0.29, 0.717) is 36.7 Å². The number of carbonyl (C=O) groups is 1. The van der Waals surface area contributed by atoms with Gasteiger partial charge < -0.3 is 19.5 Å². The highest BCUT2D eigenvalue weighted by atomic mass is 79.9. The van der Waals surface area contributed by atoms with Gasteiger partial charge in [0.2, 0.25) is 0 Å². The van der Waals surface area contributed by atoms with Crippen molar-refractivity contribution >= 4 is 33.2 Å². The lowest BCUT2D eigenvalue weighted by Gasteiger charge is -2.27. The number of thiazole rings is 1. The number of nitrogens with one attached hydrogen (secondary N) is 1. The summed E-state index contributed by atoms with van der Waals surface area (Å²) < 4.78 is 17.8. The molecular weight excluding hydrogens is 456 g/mol. The SMILES string of the molecule is COc1cc(C(=O)NC2CCOc3ccc(Br)cc32)ccc1OCc1cscn1. The predicted octanol–water partition coefficient (Wildman–Crippen LogP) is 4.75. The van der Waals surface area contributed by atoms with Gasteiger partial charge in [0, 0.05) is 27.4 Å². The molecule has 3 aromatic rings. The van der Waals surface area contributed by atoms with Crippen molar-refractivity contribution in [1.82, 2.24) is 10.3 Å². The third-order valence-electron chi connectivity index (χ3n) is 4.60. The lowest BCUT2D eigenvalue weighted by molar-refractivity contribution is 0.0924. The van der Waals surface area contributed by atoms with Gasteiger partial charge in [-0.2, -0.15) is 0 Å². The van der Waals surface area contributed by atoms with Gasteiger partial charge in [0.05, 0.1) is 31.0 Å². The zero-order chi connectivity index (χ0) is 20.2. The van der Waals surface area contributed by atoms with Crippen molar-refractivity contribution in [2.24, 2.45) is 0 Å². The molecule has 0 bridgehead atoms. The van der Waals surface area contributed by atoms with Crippen LogP contribution in [-0.4, -0.2) is 24.6 Å². The van der Waals surface area contributed by atoms with Crippen LogP contribution in [0, 0.1) is 0 Å². The van der Waals surface area contributed by atoms with E-state index in [0.717, 1.165) is 21.5 Å². The van der Waals surface area contributed by atoms with Gasteiger partial charge >= 0.3 is 0 Å². The minimum atomic E-state index is -0.174. The fourth-order valence-electron chi connectivity index (χ4n) is 3.15. The van der Waals surface area contributed by atoms with Crippen LogP contribution >= 0.6 is 27.3 Å². The first-order chi connectivity index (χ1) is 14.1. The molecule has 0 fully saturated rings. The van der Waals surface area contributed by atoms with Crippen molar-refractivity contribution < 1.29 is 19.0 Å². The molecule has 6 nitrogen and oxygen atoms in total. The Morgan fingerprint density at radius 3 is 3.00 bits per heavy atom. The van der Waals surface area contributed by atoms with E-state index in [-0.39, 0.29) is 11.9 Å². The van der Waals surface area contributed by atoms with Gasteiger partial charge in [0.1, 0.15) is 12.4 Å². The highest BCUT2D eigenvalue weighted by Crippen LogP contribution is 2.35. The highest BCUT2D eigenvalue weighted by molar-refractivity contribution is 9.10. The van der Waals surface area contributed by atoms with Crippen LogP contribution in [0.5, 0.6) is 17.2 Å². The Labute approximate surface area is 181 Å². The molecule has 2 aromatic carbocycles. The Morgan fingerprint density at radius 1 is 1.31 bits per heavy atom. The minimum Gasteiger partial charge on any atom is -0.493 e. The maximum absolute atomic E-state index is 12.9. The molecule has 1 aliphatic rings. The molecule has 4 rings (SSSR count). The Bertz CT molecular complexity index is 1010. The normalized spacial score (nSPS) is 15.2. The summed E-state index contributed by atoms with van der Waals surface area (Å²) in [6.45, 7) is 0.908. The number of nitrogens with zero attached hydrogens (tertiary/aromatic N) is 1. The fourth-order valence-corrected chi connectivity index (χ4v) is 4.07. The molecule has 0 saturated carbocycles. The number of benzene rings is 2. The minimum absolute atomic E-state index is 0.115. The second kappa shape index (κ2) is 8.84. The Balaban J connectivity index is 1.48. The van der Waals surface area contributed by atoms with E-state index >= 15 is 0 Å². The molecule has 2 heterocycles. The molecule has 1 unspecified atom stereocenters. The number of carbonyl (C=O) groups excluding carboxylic acids is 1. The maximum atomic E-state index is 12.9. The molecule has 1 aliphatic heterocycles. The van der Waals surface area contributed by atoms with Crippen molar-refractivity contribution in [2.45, 2.75) is 19.1 Å². The van der Waals surface area contributed by atoms with E-state index in [1.807, 2.05) is 23.6 Å². The van der Waals surface area contributed by atoms with E-state index < -0.39 is 0 Å². The molecule has 8 heteroatoms. The molecule has 0 aliphatic carbocycles. The summed E-state index contributed by atoms with van der Waals surface area (Å²) in [4.78, 5) is 17.1. The van der Waals surface area contributed by atoms with E-state index in [1.54, 1.807) is 30.8 Å². The van der Waals surface area contributed by atoms with Gasteiger partial charge in [-0.15, -0.1) is 11.3 Å². The number of hydrogen-bond acceptors (Lipinski definition) is 6. The fraction of sp³-hybridized carbons (Fsp3) is 0.238. The van der Waals surface area contributed by atoms with Crippen LogP contribution in [0.4, 0.5) is 0 Å². The van der Waals surface area contributed by atoms with E-state index in [2.05, 4.69) is 26.2 Å². The Kier molecular flexibility index (Phi) is 6.01. The van der Waals surface area contributed by atoms with Crippen LogP contribution in [0.1, 0.15) is 34.1 Å². The summed E-state index contributed by atoms with van der Waals surface area (Å²) in [7, 11) is 1.55. The van der Waals surface area contributed by atoms with Crippen LogP contribution in [-0.2, 0) is 6.61 Å². The molecular formula is C21H19BrN2O4S. The number of hydrogen-bond donors (Lipinski definition) is 1. The first kappa shape index (κ1) is 19.7. The monoisotopic (exact) mass is 474 g/mol. The zero-order valence-corrected chi connectivity index (χ0v) is 18.1. The molecule has 0 spiro atoms. The zero-order valence-electron chi connectivity index (χ0n) is 15.7. The predicted molar refractivity (Wildman–Crippen MR) is 114 cm³/mol. The van der Waals surface area contributed by atoms with Crippen LogP contribution in [0.15, 0.2) is 51.8 Å². The largest absolute Gasteiger partial charge is 0.493 e. The summed E-state index contributed by atoms with van der Waals surface area (Å²) in [6, 6.07) is 10.9. The Hall–Kier alpha value is -2.58. The number of aromatic nitrogens is 1. The summed E-state index contributed by atoms with van der Waals surface area (Å²) in [6.07, 6.45) is 0.709. The first-order valence-electron chi connectivity index (χ1n) is 9.05. The molecule has 1 amide bonds. The Morgan fingerprint density at radius 2 is 2.21 bits per heavy atom. The van der Waals surface area contributed by atoms with Gasteiger partial charge in [0.25, 0.3) is 5.91 Å². The van der Waals surface area contributed by atoms with E-state index in [9.17, 15) is 4.79 Å². The van der Waals surface area contributed by atoms with Crippen molar-refractivity contribution in [3.05, 3.63) is 68.6 Å². The van der Waals surface area contributed by atoms with Crippen molar-refractivity contribution in [1.29, 1.82) is 0 Å². The number of fused-ring (bicyclic) bond motifs is 1. The van der Waals surface area contributed by atoms with Gasteiger partial charge in [-0.05, 0) is 36.4 Å². The van der Waals surface area contributed by atoms with E-state index in [1.165, 1.54) is 11.3 Å². The highest BCUT2D eigenvalue weighted by Gasteiger charge is 2.24. The van der Waals surface area contributed by atoms with Gasteiger partial charge in [-0.1, -0.05) is 15.9 Å². The summed E-state index contributed by atoms with van der Waals surface area (Å²) in [5.41, 5.74) is 4.08. The third-order valence-corrected chi connectivity index (χ3v) is 5.73. The standard InChI is InChI=1S/C21H19BrN2O4S/c1-26-20-8-13(2-4-19(20)28-10-15-11-29-12-23-15)21(25)24-17-6-7-27-18-5-3-14(22)9-16(17)18/h2-5,8-9,11-12,17H,6-7,10H2,1H3,(H,24,25). The summed E-state index contributed by atoms with van der Waals surface area (Å²) in [5.74, 6) is 1.70. The van der Waals surface area contributed by atoms with Gasteiger partial charge in [-0.3, -0.25) is 4.79 Å². The second-order valence-electron chi connectivity index (χ2n) is 6.48. The smallest absolute Gasteiger partial charge is 0.251 e. The molecule has 1 N–H and O–H groups in total. The van der Waals surface area contributed by atoms with Crippen LogP contribution in [0.25, 0.3) is 0 Å². The lowest BCUT2D eigenvalue weighted by Crippen LogP contribution is -2.32. The average Bonchev–Trinajstić information content (AvgIpc) is 3.26. The number of rotatable bonds is 6. The van der Waals surface area contributed by atoms with Crippen LogP contribution in [0.2, 0.25) is 0 Å². The van der Waals surface area contributed by atoms with Crippen LogP contribution in [0.3, 0.4) is 0 Å². The van der Waals surface area contributed by atoms with Crippen molar-refractivity contribution in [3.8, 4) is 17.2 Å². The van der Waals surface area contributed by atoms with Gasteiger partial charge in [0.15, 0.2) is 11.5 Å². The summed E-state index contributed by atoms with van der Waals surface area (Å²) in [5, 5.41) is 5.03. The lowest BCUT2D eigenvalue weighted by atomic mass is 10.00. The quantitative estimate of drug-likeness (QED) is 0.558. The maximum Gasteiger partial charge on any atom is 0.251 e. The average molecular weight is 475 g/mol. The van der Waals surface area contributed by atoms with Crippen molar-refractivity contribution in [3.63, 3.8) is 0 Å². The molecule has 150 valence electrons. The van der Waals surface area contributed by atoms with Crippen molar-refractivity contribution in [2.75, 3.05) is 13.7 Å². The number of ether oxygens (including phenoxy) is 3. The van der Waals surface area contributed by atoms with Gasteiger partial charge in [-0.25, -0.2) is 4.98 Å². The van der Waals surface area contributed by atoms with E-state index in [4.69, 9.17) is 14.2 Å². The number of halogens is 1. The first-order valence-corrected chi connectivity index (χ1v) is 10.8. The molecule has 0 radical (unpaired) electrons. The number of amides is 1. The molecule has 1 aromatic heterocycles. The number of methoxy groups -OCH3 is 1. The molecule has 29 heavy (non-hydrogen) atoms.